The van der Waals surface area contributed by atoms with Gasteiger partial charge in [-0.05, 0) is 84.9 Å². The van der Waals surface area contributed by atoms with Gasteiger partial charge in [-0.1, -0.05) is 117 Å². The van der Waals surface area contributed by atoms with E-state index in [1.807, 2.05) is 0 Å². The second-order valence-electron chi connectivity index (χ2n) is 11.5. The summed E-state index contributed by atoms with van der Waals surface area (Å²) in [6, 6.07) is 48.8. The molecule has 190 valence electrons. The molecule has 0 heterocycles. The summed E-state index contributed by atoms with van der Waals surface area (Å²) < 4.78 is 0. The van der Waals surface area contributed by atoms with Crippen LogP contribution in [-0.2, 0) is 5.41 Å². The van der Waals surface area contributed by atoms with E-state index in [0.717, 1.165) is 11.4 Å². The summed E-state index contributed by atoms with van der Waals surface area (Å²) in [5.74, 6) is 0. The van der Waals surface area contributed by atoms with Crippen molar-refractivity contribution < 1.29 is 0 Å². The Balaban J connectivity index is 1.35. The number of nitrogens with one attached hydrogen (secondary N) is 1. The topological polar surface area (TPSA) is 12.0 Å². The zero-order chi connectivity index (χ0) is 26.8. The molecule has 1 nitrogen and oxygen atoms in total. The number of anilines is 2. The molecule has 1 aliphatic carbocycles. The highest BCUT2D eigenvalue weighted by Crippen LogP contribution is 2.53. The molecule has 7 aromatic carbocycles. The molecule has 0 saturated heterocycles. The van der Waals surface area contributed by atoms with Crippen molar-refractivity contribution >= 4 is 43.7 Å². The van der Waals surface area contributed by atoms with Gasteiger partial charge in [0.1, 0.15) is 0 Å². The van der Waals surface area contributed by atoms with E-state index in [4.69, 9.17) is 0 Å². The number of hydrogen-bond donors (Lipinski definition) is 1. The standard InChI is InChI=1S/C39H29N/c1-39(2)33-16-9-17-35(38(33)32-23-28-13-5-6-14-29(28)24-34(32)39)40-36-21-20-26-11-7-8-15-31(26)37(36)30-19-18-25-10-3-4-12-27(25)22-30/h3-24,40H,1-2H3. The summed E-state index contributed by atoms with van der Waals surface area (Å²) in [7, 11) is 0. The maximum absolute atomic E-state index is 3.94. The summed E-state index contributed by atoms with van der Waals surface area (Å²) in [4.78, 5) is 0. The van der Waals surface area contributed by atoms with Gasteiger partial charge in [0.05, 0.1) is 0 Å². The number of fused-ring (bicyclic) bond motifs is 6. The molecule has 40 heavy (non-hydrogen) atoms. The van der Waals surface area contributed by atoms with E-state index in [-0.39, 0.29) is 5.41 Å². The summed E-state index contributed by atoms with van der Waals surface area (Å²) in [6.07, 6.45) is 0. The molecule has 0 fully saturated rings. The van der Waals surface area contributed by atoms with E-state index in [2.05, 4.69) is 153 Å². The quantitative estimate of drug-likeness (QED) is 0.249. The van der Waals surface area contributed by atoms with Crippen molar-refractivity contribution in [3.8, 4) is 22.3 Å². The van der Waals surface area contributed by atoms with Crippen molar-refractivity contribution in [2.45, 2.75) is 19.3 Å². The fraction of sp³-hybridized carbons (Fsp3) is 0.0769. The van der Waals surface area contributed by atoms with Gasteiger partial charge in [0.2, 0.25) is 0 Å². The lowest BCUT2D eigenvalue weighted by molar-refractivity contribution is 0.661. The fourth-order valence-corrected chi connectivity index (χ4v) is 6.75. The number of rotatable bonds is 3. The van der Waals surface area contributed by atoms with Crippen LogP contribution < -0.4 is 5.32 Å². The first-order chi connectivity index (χ1) is 19.6. The van der Waals surface area contributed by atoms with Gasteiger partial charge in [-0.2, -0.15) is 0 Å². The minimum Gasteiger partial charge on any atom is -0.354 e. The predicted octanol–water partition coefficient (Wildman–Crippen LogP) is 10.9. The molecular weight excluding hydrogens is 482 g/mol. The lowest BCUT2D eigenvalue weighted by atomic mass is 9.82. The largest absolute Gasteiger partial charge is 0.354 e. The Labute approximate surface area is 234 Å². The van der Waals surface area contributed by atoms with Crippen LogP contribution in [0, 0.1) is 0 Å². The highest BCUT2D eigenvalue weighted by Gasteiger charge is 2.37. The summed E-state index contributed by atoms with van der Waals surface area (Å²) in [5.41, 5.74) is 10.1. The van der Waals surface area contributed by atoms with Crippen molar-refractivity contribution in [1.29, 1.82) is 0 Å². The highest BCUT2D eigenvalue weighted by molar-refractivity contribution is 6.06. The Morgan fingerprint density at radius 3 is 1.88 bits per heavy atom. The first-order valence-electron chi connectivity index (χ1n) is 14.0. The van der Waals surface area contributed by atoms with Crippen LogP contribution in [0.25, 0.3) is 54.6 Å². The van der Waals surface area contributed by atoms with Gasteiger partial charge in [0.25, 0.3) is 0 Å². The normalized spacial score (nSPS) is 13.4. The molecule has 0 atom stereocenters. The molecular formula is C39H29N. The van der Waals surface area contributed by atoms with E-state index in [1.54, 1.807) is 0 Å². The molecule has 1 N–H and O–H groups in total. The van der Waals surface area contributed by atoms with E-state index in [0.29, 0.717) is 0 Å². The van der Waals surface area contributed by atoms with Gasteiger partial charge >= 0.3 is 0 Å². The SMILES string of the molecule is CC1(C)c2cc3ccccc3cc2-c2c(Nc3ccc4ccccc4c3-c3ccc4ccccc4c3)cccc21. The molecule has 0 aliphatic heterocycles. The Hall–Kier alpha value is -4.88. The second kappa shape index (κ2) is 8.56. The van der Waals surface area contributed by atoms with E-state index >= 15 is 0 Å². The Bertz CT molecular complexity index is 2110. The summed E-state index contributed by atoms with van der Waals surface area (Å²) in [5, 5.41) is 11.5. The minimum absolute atomic E-state index is 0.0725. The molecule has 0 aromatic heterocycles. The average Bonchev–Trinajstić information content (AvgIpc) is 3.22. The van der Waals surface area contributed by atoms with Crippen LogP contribution >= 0.6 is 0 Å². The van der Waals surface area contributed by atoms with E-state index in [9.17, 15) is 0 Å². The van der Waals surface area contributed by atoms with E-state index < -0.39 is 0 Å². The van der Waals surface area contributed by atoms with Gasteiger partial charge in [-0.25, -0.2) is 0 Å². The van der Waals surface area contributed by atoms with Crippen molar-refractivity contribution in [3.05, 3.63) is 145 Å². The maximum Gasteiger partial charge on any atom is 0.0470 e. The van der Waals surface area contributed by atoms with Crippen LogP contribution in [-0.4, -0.2) is 0 Å². The van der Waals surface area contributed by atoms with Crippen LogP contribution in [0.15, 0.2) is 133 Å². The molecule has 0 amide bonds. The van der Waals surface area contributed by atoms with Crippen molar-refractivity contribution in [2.75, 3.05) is 5.32 Å². The monoisotopic (exact) mass is 511 g/mol. The van der Waals surface area contributed by atoms with Crippen LogP contribution in [0.1, 0.15) is 25.0 Å². The fourth-order valence-electron chi connectivity index (χ4n) is 6.75. The maximum atomic E-state index is 3.94. The molecule has 0 spiro atoms. The second-order valence-corrected chi connectivity index (χ2v) is 11.5. The molecule has 1 heteroatoms. The average molecular weight is 512 g/mol. The third-order valence-electron chi connectivity index (χ3n) is 8.80. The zero-order valence-corrected chi connectivity index (χ0v) is 22.7. The molecule has 0 unspecified atom stereocenters. The molecule has 1 aliphatic rings. The molecule has 8 rings (SSSR count). The lowest BCUT2D eigenvalue weighted by Gasteiger charge is -2.22. The van der Waals surface area contributed by atoms with Gasteiger partial charge < -0.3 is 5.32 Å². The van der Waals surface area contributed by atoms with Gasteiger partial charge in [0, 0.05) is 27.9 Å². The Morgan fingerprint density at radius 2 is 1.07 bits per heavy atom. The Morgan fingerprint density at radius 1 is 0.450 bits per heavy atom. The third-order valence-corrected chi connectivity index (χ3v) is 8.80. The smallest absolute Gasteiger partial charge is 0.0470 e. The van der Waals surface area contributed by atoms with Crippen LogP contribution in [0.4, 0.5) is 11.4 Å². The first-order valence-corrected chi connectivity index (χ1v) is 14.0. The third kappa shape index (κ3) is 3.41. The van der Waals surface area contributed by atoms with Crippen LogP contribution in [0.5, 0.6) is 0 Å². The zero-order valence-electron chi connectivity index (χ0n) is 22.7. The highest BCUT2D eigenvalue weighted by atomic mass is 14.9. The van der Waals surface area contributed by atoms with Crippen LogP contribution in [0.2, 0.25) is 0 Å². The number of hydrogen-bond acceptors (Lipinski definition) is 1. The summed E-state index contributed by atoms with van der Waals surface area (Å²) >= 11 is 0. The van der Waals surface area contributed by atoms with Crippen molar-refractivity contribution in [3.63, 3.8) is 0 Å². The molecule has 7 aromatic rings. The summed E-state index contributed by atoms with van der Waals surface area (Å²) in [6.45, 7) is 4.71. The Kier molecular flexibility index (Phi) is 4.93. The van der Waals surface area contributed by atoms with E-state index in [1.165, 1.54) is 65.7 Å². The first kappa shape index (κ1) is 23.0. The van der Waals surface area contributed by atoms with Gasteiger partial charge in [0.15, 0.2) is 0 Å². The van der Waals surface area contributed by atoms with Crippen molar-refractivity contribution in [2.24, 2.45) is 0 Å². The van der Waals surface area contributed by atoms with Crippen molar-refractivity contribution in [1.82, 2.24) is 0 Å². The number of benzene rings is 7. The van der Waals surface area contributed by atoms with Crippen LogP contribution in [0.3, 0.4) is 0 Å². The lowest BCUT2D eigenvalue weighted by Crippen LogP contribution is -2.15. The van der Waals surface area contributed by atoms with Gasteiger partial charge in [-0.15, -0.1) is 0 Å². The molecule has 0 radical (unpaired) electrons. The minimum atomic E-state index is -0.0725. The molecule has 0 bridgehead atoms. The van der Waals surface area contributed by atoms with Gasteiger partial charge in [-0.3, -0.25) is 0 Å². The predicted molar refractivity (Wildman–Crippen MR) is 172 cm³/mol. The molecule has 0 saturated carbocycles.